The van der Waals surface area contributed by atoms with Crippen molar-refractivity contribution in [1.29, 1.82) is 0 Å². The molecule has 7 heteroatoms. The minimum absolute atomic E-state index is 0.241. The third-order valence-corrected chi connectivity index (χ3v) is 5.96. The van der Waals surface area contributed by atoms with Crippen LogP contribution >= 0.6 is 15.9 Å². The van der Waals surface area contributed by atoms with Gasteiger partial charge in [-0.15, -0.1) is 0 Å². The van der Waals surface area contributed by atoms with Gasteiger partial charge in [-0.2, -0.15) is 5.10 Å². The second-order valence-corrected chi connectivity index (χ2v) is 7.80. The number of para-hydroxylation sites is 1. The highest BCUT2D eigenvalue weighted by Gasteiger charge is 2.16. The molecule has 1 N–H and O–H groups in total. The Morgan fingerprint density at radius 3 is 2.50 bits per heavy atom. The second-order valence-electron chi connectivity index (χ2n) is 5.21. The topological polar surface area (TPSA) is 64.0 Å². The molecule has 0 radical (unpaired) electrons. The molecule has 0 aliphatic carbocycles. The second kappa shape index (κ2) is 7.29. The number of halogens is 1. The summed E-state index contributed by atoms with van der Waals surface area (Å²) in [5.41, 5.74) is 1.94. The molecule has 0 spiro atoms. The van der Waals surface area contributed by atoms with E-state index in [4.69, 9.17) is 0 Å². The van der Waals surface area contributed by atoms with Crippen molar-refractivity contribution in [2.75, 3.05) is 6.54 Å². The summed E-state index contributed by atoms with van der Waals surface area (Å²) in [4.78, 5) is 0.241. The molecule has 5 nitrogen and oxygen atoms in total. The zero-order chi connectivity index (χ0) is 17.0. The number of sulfonamides is 1. The minimum atomic E-state index is -3.53. The van der Waals surface area contributed by atoms with E-state index in [0.29, 0.717) is 17.4 Å². The van der Waals surface area contributed by atoms with Crippen LogP contribution in [0.2, 0.25) is 0 Å². The van der Waals surface area contributed by atoms with E-state index in [0.717, 1.165) is 11.3 Å². The van der Waals surface area contributed by atoms with Gasteiger partial charge in [0.25, 0.3) is 0 Å². The van der Waals surface area contributed by atoms with Crippen LogP contribution < -0.4 is 4.72 Å². The van der Waals surface area contributed by atoms with Crippen LogP contribution in [-0.4, -0.2) is 24.7 Å². The van der Waals surface area contributed by atoms with Crippen molar-refractivity contribution in [3.8, 4) is 5.69 Å². The molecule has 2 aromatic carbocycles. The van der Waals surface area contributed by atoms with Crippen LogP contribution in [0.25, 0.3) is 5.69 Å². The molecule has 1 aromatic heterocycles. The molecule has 124 valence electrons. The summed E-state index contributed by atoms with van der Waals surface area (Å²) in [6.45, 7) is 0.310. The maximum Gasteiger partial charge on any atom is 0.241 e. The zero-order valence-electron chi connectivity index (χ0n) is 12.8. The van der Waals surface area contributed by atoms with E-state index in [1.807, 2.05) is 36.5 Å². The van der Waals surface area contributed by atoms with Gasteiger partial charge in [-0.25, -0.2) is 17.8 Å². The van der Waals surface area contributed by atoms with Crippen molar-refractivity contribution in [2.24, 2.45) is 0 Å². The molecule has 0 atom stereocenters. The van der Waals surface area contributed by atoms with Crippen molar-refractivity contribution in [2.45, 2.75) is 11.3 Å². The Hall–Kier alpha value is -1.96. The smallest absolute Gasteiger partial charge is 0.241 e. The van der Waals surface area contributed by atoms with Gasteiger partial charge in [-0.1, -0.05) is 30.3 Å². The predicted octanol–water partition coefficient (Wildman–Crippen LogP) is 3.16. The first-order valence-corrected chi connectivity index (χ1v) is 9.67. The summed E-state index contributed by atoms with van der Waals surface area (Å²) < 4.78 is 29.6. The fraction of sp³-hybridized carbons (Fsp3) is 0.118. The van der Waals surface area contributed by atoms with Crippen LogP contribution in [0.15, 0.2) is 76.4 Å². The molecule has 1 heterocycles. The number of hydrogen-bond donors (Lipinski definition) is 1. The van der Waals surface area contributed by atoms with Gasteiger partial charge in [-0.05, 0) is 52.2 Å². The third kappa shape index (κ3) is 3.92. The van der Waals surface area contributed by atoms with Crippen LogP contribution in [-0.2, 0) is 16.4 Å². The summed E-state index contributed by atoms with van der Waals surface area (Å²) in [7, 11) is -3.53. The van der Waals surface area contributed by atoms with Crippen molar-refractivity contribution in [3.05, 3.63) is 77.0 Å². The summed E-state index contributed by atoms with van der Waals surface area (Å²) in [6, 6.07) is 16.5. The SMILES string of the molecule is O=S(=O)(NCCc1cnn(-c2ccccc2)c1)c1ccccc1Br. The quantitative estimate of drug-likeness (QED) is 0.684. The van der Waals surface area contributed by atoms with E-state index in [-0.39, 0.29) is 4.90 Å². The minimum Gasteiger partial charge on any atom is -0.241 e. The van der Waals surface area contributed by atoms with Gasteiger partial charge in [0.2, 0.25) is 10.0 Å². The van der Waals surface area contributed by atoms with Crippen LogP contribution in [0, 0.1) is 0 Å². The monoisotopic (exact) mass is 405 g/mol. The lowest BCUT2D eigenvalue weighted by molar-refractivity contribution is 0.581. The van der Waals surface area contributed by atoms with Gasteiger partial charge >= 0.3 is 0 Å². The van der Waals surface area contributed by atoms with E-state index >= 15 is 0 Å². The van der Waals surface area contributed by atoms with Gasteiger partial charge in [0.1, 0.15) is 0 Å². The van der Waals surface area contributed by atoms with Gasteiger partial charge in [0.05, 0.1) is 16.8 Å². The van der Waals surface area contributed by atoms with E-state index in [9.17, 15) is 8.42 Å². The molecule has 0 amide bonds. The van der Waals surface area contributed by atoms with Crippen molar-refractivity contribution < 1.29 is 8.42 Å². The fourth-order valence-electron chi connectivity index (χ4n) is 2.28. The van der Waals surface area contributed by atoms with Crippen LogP contribution in [0.3, 0.4) is 0 Å². The Morgan fingerprint density at radius 2 is 1.75 bits per heavy atom. The highest BCUT2D eigenvalue weighted by molar-refractivity contribution is 9.10. The normalized spacial score (nSPS) is 11.5. The molecule has 0 aliphatic rings. The maximum absolute atomic E-state index is 12.3. The zero-order valence-corrected chi connectivity index (χ0v) is 15.2. The predicted molar refractivity (Wildman–Crippen MR) is 96.6 cm³/mol. The lowest BCUT2D eigenvalue weighted by atomic mass is 10.2. The molecule has 24 heavy (non-hydrogen) atoms. The summed E-state index contributed by atoms with van der Waals surface area (Å²) >= 11 is 3.27. The highest BCUT2D eigenvalue weighted by Crippen LogP contribution is 2.20. The van der Waals surface area contributed by atoms with Crippen LogP contribution in [0.1, 0.15) is 5.56 Å². The standard InChI is InChI=1S/C17H16BrN3O2S/c18-16-8-4-5-9-17(16)24(22,23)20-11-10-14-12-19-21(13-14)15-6-2-1-3-7-15/h1-9,12-13,20H,10-11H2. The largest absolute Gasteiger partial charge is 0.241 e. The Balaban J connectivity index is 1.63. The van der Waals surface area contributed by atoms with E-state index in [1.165, 1.54) is 0 Å². The number of rotatable bonds is 6. The third-order valence-electron chi connectivity index (χ3n) is 3.49. The van der Waals surface area contributed by atoms with Gasteiger partial charge in [-0.3, -0.25) is 0 Å². The average molecular weight is 406 g/mol. The molecule has 0 saturated carbocycles. The molecule has 0 aliphatic heterocycles. The summed E-state index contributed by atoms with van der Waals surface area (Å²) in [5.74, 6) is 0. The molecule has 0 saturated heterocycles. The Kier molecular flexibility index (Phi) is 5.13. The number of aromatic nitrogens is 2. The Labute approximate surface area is 149 Å². The molecular weight excluding hydrogens is 390 g/mol. The van der Waals surface area contributed by atoms with Crippen LogP contribution in [0.5, 0.6) is 0 Å². The fourth-order valence-corrected chi connectivity index (χ4v) is 4.31. The Morgan fingerprint density at radius 1 is 1.04 bits per heavy atom. The molecule has 0 bridgehead atoms. The Bertz CT molecular complexity index is 924. The summed E-state index contributed by atoms with van der Waals surface area (Å²) in [6.07, 6.45) is 4.22. The van der Waals surface area contributed by atoms with Gasteiger partial charge in [0.15, 0.2) is 0 Å². The first kappa shape index (κ1) is 16.9. The number of nitrogens with zero attached hydrogens (tertiary/aromatic N) is 2. The number of nitrogens with one attached hydrogen (secondary N) is 1. The maximum atomic E-state index is 12.3. The van der Waals surface area contributed by atoms with Crippen molar-refractivity contribution in [3.63, 3.8) is 0 Å². The highest BCUT2D eigenvalue weighted by atomic mass is 79.9. The summed E-state index contributed by atoms with van der Waals surface area (Å²) in [5, 5.41) is 4.31. The van der Waals surface area contributed by atoms with Crippen molar-refractivity contribution in [1.82, 2.24) is 14.5 Å². The lowest BCUT2D eigenvalue weighted by Gasteiger charge is -2.07. The molecule has 3 aromatic rings. The molecule has 0 fully saturated rings. The lowest BCUT2D eigenvalue weighted by Crippen LogP contribution is -2.26. The molecular formula is C17H16BrN3O2S. The van der Waals surface area contributed by atoms with Crippen molar-refractivity contribution >= 4 is 26.0 Å². The van der Waals surface area contributed by atoms with E-state index in [1.54, 1.807) is 35.1 Å². The number of benzene rings is 2. The first-order chi connectivity index (χ1) is 11.6. The van der Waals surface area contributed by atoms with Gasteiger partial charge < -0.3 is 0 Å². The number of hydrogen-bond acceptors (Lipinski definition) is 3. The van der Waals surface area contributed by atoms with E-state index < -0.39 is 10.0 Å². The average Bonchev–Trinajstić information content (AvgIpc) is 3.05. The molecule has 3 rings (SSSR count). The first-order valence-electron chi connectivity index (χ1n) is 7.39. The van der Waals surface area contributed by atoms with Gasteiger partial charge in [0, 0.05) is 17.2 Å². The molecule has 0 unspecified atom stereocenters. The van der Waals surface area contributed by atoms with Crippen LogP contribution in [0.4, 0.5) is 0 Å². The van der Waals surface area contributed by atoms with E-state index in [2.05, 4.69) is 25.8 Å².